The number of ether oxygens (including phenoxy) is 1. The van der Waals surface area contributed by atoms with E-state index in [1.165, 1.54) is 7.11 Å². The molecule has 0 bridgehead atoms. The fraction of sp³-hybridized carbons (Fsp3) is 0.200. The van der Waals surface area contributed by atoms with Gasteiger partial charge in [-0.05, 0) is 48.4 Å². The van der Waals surface area contributed by atoms with Crippen LogP contribution in [0.25, 0.3) is 0 Å². The Balaban J connectivity index is 1.45. The number of nitrogens with one attached hydrogen (secondary N) is 1. The maximum absolute atomic E-state index is 12.7. The molecule has 1 aliphatic heterocycles. The highest BCUT2D eigenvalue weighted by molar-refractivity contribution is 7.90. The monoisotopic (exact) mass is 464 g/mol. The quantitative estimate of drug-likeness (QED) is 0.570. The summed E-state index contributed by atoms with van der Waals surface area (Å²) in [6, 6.07) is 19.9. The molecule has 0 spiro atoms. The molecule has 0 aromatic heterocycles. The van der Waals surface area contributed by atoms with Crippen LogP contribution in [0.3, 0.4) is 0 Å². The third-order valence-electron chi connectivity index (χ3n) is 5.48. The second kappa shape index (κ2) is 9.46. The van der Waals surface area contributed by atoms with Crippen molar-refractivity contribution in [2.24, 2.45) is 0 Å². The molecule has 0 saturated carbocycles. The van der Waals surface area contributed by atoms with Crippen molar-refractivity contribution in [3.8, 4) is 5.75 Å². The number of amides is 2. The maximum atomic E-state index is 12.7. The van der Waals surface area contributed by atoms with Gasteiger partial charge in [0.1, 0.15) is 5.75 Å². The van der Waals surface area contributed by atoms with Crippen LogP contribution in [0.15, 0.2) is 77.7 Å². The summed E-state index contributed by atoms with van der Waals surface area (Å²) in [6.45, 7) is 0.646. The van der Waals surface area contributed by atoms with Crippen LogP contribution in [-0.2, 0) is 20.4 Å². The summed E-state index contributed by atoms with van der Waals surface area (Å²) < 4.78 is 30.5. The molecule has 4 rings (SSSR count). The maximum Gasteiger partial charge on any atom is 0.255 e. The van der Waals surface area contributed by atoms with Gasteiger partial charge < -0.3 is 15.0 Å². The third kappa shape index (κ3) is 5.06. The fourth-order valence-corrected chi connectivity index (χ4v) is 5.14. The minimum atomic E-state index is -3.46. The van der Waals surface area contributed by atoms with E-state index in [0.29, 0.717) is 41.2 Å². The highest BCUT2D eigenvalue weighted by Gasteiger charge is 2.24. The number of anilines is 2. The van der Waals surface area contributed by atoms with E-state index < -0.39 is 9.84 Å². The van der Waals surface area contributed by atoms with Crippen molar-refractivity contribution in [2.75, 3.05) is 23.9 Å². The minimum absolute atomic E-state index is 0.0550. The zero-order valence-electron chi connectivity index (χ0n) is 18.2. The number of hydrogen-bond donors (Lipinski definition) is 1. The SMILES string of the molecule is COc1cc(NC(=O)c2ccc(CS(=O)(=O)c3ccccc3)cc2)ccc1N1CCCC1=O. The van der Waals surface area contributed by atoms with Gasteiger partial charge in [-0.1, -0.05) is 30.3 Å². The Morgan fingerprint density at radius 1 is 1.03 bits per heavy atom. The molecule has 3 aromatic rings. The van der Waals surface area contributed by atoms with Gasteiger partial charge in [0.2, 0.25) is 5.91 Å². The van der Waals surface area contributed by atoms with Gasteiger partial charge in [-0.25, -0.2) is 8.42 Å². The molecule has 1 aliphatic rings. The smallest absolute Gasteiger partial charge is 0.255 e. The summed E-state index contributed by atoms with van der Waals surface area (Å²) in [6.07, 6.45) is 1.33. The molecule has 3 aromatic carbocycles. The summed E-state index contributed by atoms with van der Waals surface area (Å²) in [7, 11) is -1.94. The number of sulfone groups is 1. The van der Waals surface area contributed by atoms with Crippen LogP contribution < -0.4 is 15.0 Å². The second-order valence-electron chi connectivity index (χ2n) is 7.76. The predicted molar refractivity (Wildman–Crippen MR) is 126 cm³/mol. The minimum Gasteiger partial charge on any atom is -0.494 e. The van der Waals surface area contributed by atoms with E-state index in [0.717, 1.165) is 6.42 Å². The molecule has 170 valence electrons. The zero-order chi connectivity index (χ0) is 23.4. The first kappa shape index (κ1) is 22.5. The van der Waals surface area contributed by atoms with E-state index in [1.807, 2.05) is 0 Å². The Kier molecular flexibility index (Phi) is 6.46. The molecule has 7 nitrogen and oxygen atoms in total. The number of rotatable bonds is 7. The Morgan fingerprint density at radius 3 is 2.39 bits per heavy atom. The Labute approximate surface area is 192 Å². The zero-order valence-corrected chi connectivity index (χ0v) is 19.0. The molecule has 1 saturated heterocycles. The van der Waals surface area contributed by atoms with E-state index in [1.54, 1.807) is 77.7 Å². The lowest BCUT2D eigenvalue weighted by atomic mass is 10.1. The number of carbonyl (C=O) groups excluding carboxylic acids is 2. The third-order valence-corrected chi connectivity index (χ3v) is 7.18. The lowest BCUT2D eigenvalue weighted by Gasteiger charge is -2.19. The molecule has 1 heterocycles. The van der Waals surface area contributed by atoms with Crippen LogP contribution in [0, 0.1) is 0 Å². The Morgan fingerprint density at radius 2 is 1.76 bits per heavy atom. The largest absolute Gasteiger partial charge is 0.494 e. The van der Waals surface area contributed by atoms with Crippen molar-refractivity contribution >= 4 is 33.0 Å². The van der Waals surface area contributed by atoms with Crippen molar-refractivity contribution in [3.63, 3.8) is 0 Å². The van der Waals surface area contributed by atoms with Crippen LogP contribution in [-0.4, -0.2) is 33.9 Å². The predicted octanol–water partition coefficient (Wildman–Crippen LogP) is 4.05. The van der Waals surface area contributed by atoms with Gasteiger partial charge in [-0.2, -0.15) is 0 Å². The van der Waals surface area contributed by atoms with Crippen molar-refractivity contribution in [1.82, 2.24) is 0 Å². The first-order chi connectivity index (χ1) is 15.9. The number of carbonyl (C=O) groups is 2. The summed E-state index contributed by atoms with van der Waals surface area (Å²) >= 11 is 0. The first-order valence-corrected chi connectivity index (χ1v) is 12.2. The van der Waals surface area contributed by atoms with E-state index in [-0.39, 0.29) is 22.5 Å². The molecule has 0 unspecified atom stereocenters. The summed E-state index contributed by atoms with van der Waals surface area (Å²) in [5, 5.41) is 2.81. The number of benzene rings is 3. The second-order valence-corrected chi connectivity index (χ2v) is 9.75. The average molecular weight is 465 g/mol. The van der Waals surface area contributed by atoms with Crippen molar-refractivity contribution in [3.05, 3.63) is 83.9 Å². The lowest BCUT2D eigenvalue weighted by Crippen LogP contribution is -2.24. The van der Waals surface area contributed by atoms with Gasteiger partial charge in [0.15, 0.2) is 9.84 Å². The molecule has 0 radical (unpaired) electrons. The van der Waals surface area contributed by atoms with E-state index in [4.69, 9.17) is 4.74 Å². The van der Waals surface area contributed by atoms with E-state index >= 15 is 0 Å². The number of methoxy groups -OCH3 is 1. The summed E-state index contributed by atoms with van der Waals surface area (Å²) in [4.78, 5) is 26.7. The molecule has 33 heavy (non-hydrogen) atoms. The number of hydrogen-bond acceptors (Lipinski definition) is 5. The molecule has 0 aliphatic carbocycles. The van der Waals surface area contributed by atoms with Gasteiger partial charge >= 0.3 is 0 Å². The Bertz CT molecular complexity index is 1270. The Hall–Kier alpha value is -3.65. The van der Waals surface area contributed by atoms with Crippen LogP contribution in [0.2, 0.25) is 0 Å². The van der Waals surface area contributed by atoms with Crippen molar-refractivity contribution in [1.29, 1.82) is 0 Å². The van der Waals surface area contributed by atoms with E-state index in [9.17, 15) is 18.0 Å². The van der Waals surface area contributed by atoms with E-state index in [2.05, 4.69) is 5.32 Å². The van der Waals surface area contributed by atoms with Crippen LogP contribution in [0.1, 0.15) is 28.8 Å². The highest BCUT2D eigenvalue weighted by atomic mass is 32.2. The van der Waals surface area contributed by atoms with Crippen LogP contribution in [0.5, 0.6) is 5.75 Å². The van der Waals surface area contributed by atoms with Crippen LogP contribution in [0.4, 0.5) is 11.4 Å². The normalized spacial score (nSPS) is 13.7. The average Bonchev–Trinajstić information content (AvgIpc) is 3.25. The standard InChI is InChI=1S/C25H24N2O5S/c1-32-23-16-20(13-14-22(23)27-15-5-8-24(27)28)26-25(29)19-11-9-18(10-12-19)17-33(30,31)21-6-3-2-4-7-21/h2-4,6-7,9-14,16H,5,8,15,17H2,1H3,(H,26,29). The van der Waals surface area contributed by atoms with Gasteiger partial charge in [0, 0.05) is 30.3 Å². The summed E-state index contributed by atoms with van der Waals surface area (Å²) in [5.41, 5.74) is 2.20. The molecule has 8 heteroatoms. The number of nitrogens with zero attached hydrogens (tertiary/aromatic N) is 1. The topological polar surface area (TPSA) is 92.8 Å². The van der Waals surface area contributed by atoms with Crippen molar-refractivity contribution < 1.29 is 22.7 Å². The van der Waals surface area contributed by atoms with Gasteiger partial charge in [-0.3, -0.25) is 9.59 Å². The fourth-order valence-electron chi connectivity index (χ4n) is 3.77. The first-order valence-electron chi connectivity index (χ1n) is 10.5. The summed E-state index contributed by atoms with van der Waals surface area (Å²) in [5.74, 6) is 0.0794. The molecule has 1 fully saturated rings. The van der Waals surface area contributed by atoms with Gasteiger partial charge in [0.05, 0.1) is 23.4 Å². The van der Waals surface area contributed by atoms with Crippen LogP contribution >= 0.6 is 0 Å². The lowest BCUT2D eigenvalue weighted by molar-refractivity contribution is -0.117. The molecule has 2 amide bonds. The van der Waals surface area contributed by atoms with Gasteiger partial charge in [0.25, 0.3) is 5.91 Å². The molecular weight excluding hydrogens is 440 g/mol. The highest BCUT2D eigenvalue weighted by Crippen LogP contribution is 2.34. The molecular formula is C25H24N2O5S. The van der Waals surface area contributed by atoms with Gasteiger partial charge in [-0.15, -0.1) is 0 Å². The molecule has 0 atom stereocenters. The van der Waals surface area contributed by atoms with Crippen molar-refractivity contribution in [2.45, 2.75) is 23.5 Å². The molecule has 1 N–H and O–H groups in total.